The molecule has 0 unspecified atom stereocenters. The van der Waals surface area contributed by atoms with Gasteiger partial charge in [0, 0.05) is 0 Å². The Balaban J connectivity index is 1.21. The molecular formula is C56H36. The van der Waals surface area contributed by atoms with Crippen LogP contribution in [-0.2, 0) is 0 Å². The third-order valence-electron chi connectivity index (χ3n) is 11.6. The van der Waals surface area contributed by atoms with Crippen LogP contribution in [0.2, 0.25) is 0 Å². The SMILES string of the molecule is c1ccc(-c2ccc3c(c2)c(-c2cccc(-c4ccc5ccccc5c4)c2)cc2c4ccc(-c5ccccc5)cc4c(-c4ccc5ccccc5c4)cc32)cc1. The Morgan fingerprint density at radius 2 is 0.536 bits per heavy atom. The average Bonchev–Trinajstić information content (AvgIpc) is 3.28. The summed E-state index contributed by atoms with van der Waals surface area (Å²) in [6.07, 6.45) is 0. The zero-order valence-electron chi connectivity index (χ0n) is 30.8. The second-order valence-electron chi connectivity index (χ2n) is 14.9. The molecular weight excluding hydrogens is 673 g/mol. The van der Waals surface area contributed by atoms with Crippen molar-refractivity contribution in [2.75, 3.05) is 0 Å². The van der Waals surface area contributed by atoms with Gasteiger partial charge in [-0.25, -0.2) is 0 Å². The summed E-state index contributed by atoms with van der Waals surface area (Å²) < 4.78 is 0. The van der Waals surface area contributed by atoms with Crippen LogP contribution in [0, 0.1) is 0 Å². The van der Waals surface area contributed by atoms with E-state index in [4.69, 9.17) is 0 Å². The summed E-state index contributed by atoms with van der Waals surface area (Å²) >= 11 is 0. The maximum absolute atomic E-state index is 2.46. The highest BCUT2D eigenvalue weighted by molar-refractivity contribution is 6.24. The summed E-state index contributed by atoms with van der Waals surface area (Å²) in [5.41, 5.74) is 12.2. The molecule has 0 saturated heterocycles. The quantitative estimate of drug-likeness (QED) is 0.156. The van der Waals surface area contributed by atoms with Crippen molar-refractivity contribution in [3.8, 4) is 55.6 Å². The molecule has 56 heavy (non-hydrogen) atoms. The standard InChI is InChI=1S/C56H36/c1-3-12-37(13-4-1)45-26-28-49-53(33-45)51(47-21-11-20-43(32-47)44-24-22-39-16-7-9-18-41(39)30-44)35-55-50-29-27-46(38-14-5-2-6-15-38)34-54(50)52(36-56(49)55)48-25-23-40-17-8-10-19-42(40)31-48/h1-36H. The molecule has 0 fully saturated rings. The van der Waals surface area contributed by atoms with Crippen molar-refractivity contribution in [2.24, 2.45) is 0 Å². The number of benzene rings is 11. The number of rotatable bonds is 5. The average molecular weight is 709 g/mol. The molecule has 0 heteroatoms. The monoisotopic (exact) mass is 708 g/mol. The minimum atomic E-state index is 1.21. The lowest BCUT2D eigenvalue weighted by atomic mass is 9.85. The Morgan fingerprint density at radius 1 is 0.161 bits per heavy atom. The molecule has 0 amide bonds. The van der Waals surface area contributed by atoms with Gasteiger partial charge in [-0.2, -0.15) is 0 Å². The van der Waals surface area contributed by atoms with Gasteiger partial charge in [0.2, 0.25) is 0 Å². The third kappa shape index (κ3) is 5.54. The van der Waals surface area contributed by atoms with E-state index < -0.39 is 0 Å². The molecule has 0 atom stereocenters. The van der Waals surface area contributed by atoms with E-state index in [-0.39, 0.29) is 0 Å². The summed E-state index contributed by atoms with van der Waals surface area (Å²) in [6.45, 7) is 0. The van der Waals surface area contributed by atoms with Crippen molar-refractivity contribution in [1.29, 1.82) is 0 Å². The van der Waals surface area contributed by atoms with E-state index in [9.17, 15) is 0 Å². The van der Waals surface area contributed by atoms with Gasteiger partial charge in [-0.3, -0.25) is 0 Å². The zero-order valence-corrected chi connectivity index (χ0v) is 30.8. The first-order valence-corrected chi connectivity index (χ1v) is 19.4. The molecule has 0 aliphatic heterocycles. The van der Waals surface area contributed by atoms with Crippen LogP contribution in [0.1, 0.15) is 0 Å². The highest BCUT2D eigenvalue weighted by atomic mass is 14.2. The Morgan fingerprint density at radius 3 is 1.09 bits per heavy atom. The molecule has 0 aliphatic carbocycles. The number of hydrogen-bond donors (Lipinski definition) is 0. The van der Waals surface area contributed by atoms with Crippen molar-refractivity contribution in [3.05, 3.63) is 218 Å². The summed E-state index contributed by atoms with van der Waals surface area (Å²) in [6, 6.07) is 80.6. The van der Waals surface area contributed by atoms with Crippen molar-refractivity contribution >= 4 is 53.9 Å². The highest BCUT2D eigenvalue weighted by Gasteiger charge is 2.17. The largest absolute Gasteiger partial charge is 0.0622 e. The predicted octanol–water partition coefficient (Wildman–Crippen LogP) is 15.8. The van der Waals surface area contributed by atoms with Gasteiger partial charge in [-0.15, -0.1) is 0 Å². The van der Waals surface area contributed by atoms with E-state index >= 15 is 0 Å². The number of fused-ring (bicyclic) bond motifs is 7. The normalized spacial score (nSPS) is 11.6. The molecule has 11 aromatic rings. The molecule has 0 spiro atoms. The van der Waals surface area contributed by atoms with Crippen LogP contribution < -0.4 is 0 Å². The predicted molar refractivity (Wildman–Crippen MR) is 241 cm³/mol. The van der Waals surface area contributed by atoms with Crippen molar-refractivity contribution < 1.29 is 0 Å². The van der Waals surface area contributed by atoms with Crippen LogP contribution in [0.15, 0.2) is 218 Å². The lowest BCUT2D eigenvalue weighted by molar-refractivity contribution is 1.62. The zero-order chi connectivity index (χ0) is 37.0. The van der Waals surface area contributed by atoms with E-state index in [2.05, 4.69) is 218 Å². The van der Waals surface area contributed by atoms with E-state index in [1.165, 1.54) is 109 Å². The van der Waals surface area contributed by atoms with E-state index in [1.54, 1.807) is 0 Å². The second-order valence-corrected chi connectivity index (χ2v) is 14.9. The first-order valence-electron chi connectivity index (χ1n) is 19.4. The molecule has 11 aromatic carbocycles. The van der Waals surface area contributed by atoms with Gasteiger partial charge < -0.3 is 0 Å². The van der Waals surface area contributed by atoms with Gasteiger partial charge in [-0.05, 0) is 152 Å². The molecule has 0 nitrogen and oxygen atoms in total. The fourth-order valence-electron chi connectivity index (χ4n) is 8.74. The Bertz CT molecular complexity index is 3280. The Hall–Kier alpha value is -7.28. The first kappa shape index (κ1) is 32.2. The Labute approximate surface area is 326 Å². The fraction of sp³-hybridized carbons (Fsp3) is 0. The second kappa shape index (κ2) is 13.2. The molecule has 11 rings (SSSR count). The van der Waals surface area contributed by atoms with E-state index in [0.717, 1.165) is 0 Å². The van der Waals surface area contributed by atoms with Crippen molar-refractivity contribution in [1.82, 2.24) is 0 Å². The summed E-state index contributed by atoms with van der Waals surface area (Å²) in [7, 11) is 0. The van der Waals surface area contributed by atoms with Gasteiger partial charge in [0.05, 0.1) is 0 Å². The van der Waals surface area contributed by atoms with Crippen LogP contribution in [-0.4, -0.2) is 0 Å². The smallest absolute Gasteiger partial charge is 0.00923 e. The van der Waals surface area contributed by atoms with Crippen LogP contribution in [0.25, 0.3) is 109 Å². The summed E-state index contributed by atoms with van der Waals surface area (Å²) in [5, 5.41) is 12.5. The van der Waals surface area contributed by atoms with Gasteiger partial charge in [0.25, 0.3) is 0 Å². The number of hydrogen-bond acceptors (Lipinski definition) is 0. The first-order chi connectivity index (χ1) is 27.7. The topological polar surface area (TPSA) is 0 Å². The molecule has 0 aromatic heterocycles. The minimum Gasteiger partial charge on any atom is -0.0622 e. The van der Waals surface area contributed by atoms with Crippen LogP contribution in [0.5, 0.6) is 0 Å². The van der Waals surface area contributed by atoms with Gasteiger partial charge in [-0.1, -0.05) is 176 Å². The molecule has 0 heterocycles. The summed E-state index contributed by atoms with van der Waals surface area (Å²) in [5.74, 6) is 0. The van der Waals surface area contributed by atoms with E-state index in [0.29, 0.717) is 0 Å². The van der Waals surface area contributed by atoms with Gasteiger partial charge >= 0.3 is 0 Å². The van der Waals surface area contributed by atoms with Gasteiger partial charge in [0.1, 0.15) is 0 Å². The maximum Gasteiger partial charge on any atom is -0.00923 e. The van der Waals surface area contributed by atoms with Crippen molar-refractivity contribution in [2.45, 2.75) is 0 Å². The minimum absolute atomic E-state index is 1.21. The van der Waals surface area contributed by atoms with E-state index in [1.807, 2.05) is 0 Å². The molecule has 260 valence electrons. The molecule has 0 aliphatic rings. The van der Waals surface area contributed by atoms with Gasteiger partial charge in [0.15, 0.2) is 0 Å². The third-order valence-corrected chi connectivity index (χ3v) is 11.6. The molecule has 0 radical (unpaired) electrons. The Kier molecular flexibility index (Phi) is 7.60. The van der Waals surface area contributed by atoms with Crippen LogP contribution in [0.3, 0.4) is 0 Å². The molecule has 0 bridgehead atoms. The lowest BCUT2D eigenvalue weighted by Crippen LogP contribution is -1.91. The van der Waals surface area contributed by atoms with Crippen molar-refractivity contribution in [3.63, 3.8) is 0 Å². The fourth-order valence-corrected chi connectivity index (χ4v) is 8.74. The summed E-state index contributed by atoms with van der Waals surface area (Å²) in [4.78, 5) is 0. The lowest BCUT2D eigenvalue weighted by Gasteiger charge is -2.18. The highest BCUT2D eigenvalue weighted by Crippen LogP contribution is 2.44. The molecule has 0 N–H and O–H groups in total. The maximum atomic E-state index is 2.46. The molecule has 0 saturated carbocycles. The van der Waals surface area contributed by atoms with Crippen LogP contribution in [0.4, 0.5) is 0 Å². The van der Waals surface area contributed by atoms with Crippen LogP contribution >= 0.6 is 0 Å².